The lowest BCUT2D eigenvalue weighted by atomic mass is 10.00. The third kappa shape index (κ3) is 4.38. The van der Waals surface area contributed by atoms with E-state index >= 15 is 0 Å². The molecule has 1 aliphatic rings. The smallest absolute Gasteiger partial charge is 0.416 e. The predicted molar refractivity (Wildman–Crippen MR) is 108 cm³/mol. The van der Waals surface area contributed by atoms with Crippen LogP contribution >= 0.6 is 11.6 Å². The molecule has 3 aromatic carbocycles. The molecular weight excluding hydrogens is 441 g/mol. The highest BCUT2D eigenvalue weighted by molar-refractivity contribution is 7.90. The van der Waals surface area contributed by atoms with Gasteiger partial charge >= 0.3 is 6.18 Å². The van der Waals surface area contributed by atoms with Crippen LogP contribution in [0.4, 0.5) is 18.9 Å². The summed E-state index contributed by atoms with van der Waals surface area (Å²) in [5.74, 6) is 0.382. The van der Waals surface area contributed by atoms with E-state index in [2.05, 4.69) is 9.44 Å². The standard InChI is InChI=1S/C20H14ClF3N2O3S/c21-15-8-13-11-25-30(27,28)26-19(13)18(10-15)12-4-6-16(7-5-12)29-17-3-1-2-14(9-17)20(22,23)24/h1-10,25-26H,11H2. The maximum absolute atomic E-state index is 12.9. The summed E-state index contributed by atoms with van der Waals surface area (Å²) in [5.41, 5.74) is 1.55. The molecule has 0 amide bonds. The van der Waals surface area contributed by atoms with Crippen molar-refractivity contribution in [2.75, 3.05) is 4.72 Å². The Balaban J connectivity index is 1.63. The average Bonchev–Trinajstić information content (AvgIpc) is 2.68. The molecule has 3 aromatic rings. The lowest BCUT2D eigenvalue weighted by molar-refractivity contribution is -0.137. The highest BCUT2D eigenvalue weighted by atomic mass is 35.5. The van der Waals surface area contributed by atoms with E-state index in [9.17, 15) is 21.6 Å². The van der Waals surface area contributed by atoms with E-state index in [0.717, 1.165) is 12.1 Å². The van der Waals surface area contributed by atoms with Gasteiger partial charge in [-0.25, -0.2) is 0 Å². The number of hydrogen-bond acceptors (Lipinski definition) is 3. The summed E-state index contributed by atoms with van der Waals surface area (Å²) in [6, 6.07) is 14.4. The van der Waals surface area contributed by atoms with Gasteiger partial charge in [-0.15, -0.1) is 0 Å². The van der Waals surface area contributed by atoms with Crippen molar-refractivity contribution in [3.05, 3.63) is 76.8 Å². The minimum absolute atomic E-state index is 0.0524. The number of hydrogen-bond donors (Lipinski definition) is 2. The molecule has 0 spiro atoms. The van der Waals surface area contributed by atoms with Gasteiger partial charge < -0.3 is 4.74 Å². The summed E-state index contributed by atoms with van der Waals surface area (Å²) in [6.07, 6.45) is -4.46. The lowest BCUT2D eigenvalue weighted by Gasteiger charge is -2.22. The average molecular weight is 455 g/mol. The summed E-state index contributed by atoms with van der Waals surface area (Å²) in [6.45, 7) is 0.106. The molecule has 0 unspecified atom stereocenters. The van der Waals surface area contributed by atoms with Crippen LogP contribution < -0.4 is 14.2 Å². The number of nitrogens with one attached hydrogen (secondary N) is 2. The third-order valence-electron chi connectivity index (χ3n) is 4.44. The van der Waals surface area contributed by atoms with Gasteiger partial charge in [0.15, 0.2) is 0 Å². The topological polar surface area (TPSA) is 67.4 Å². The Morgan fingerprint density at radius 2 is 1.70 bits per heavy atom. The van der Waals surface area contributed by atoms with E-state index in [1.165, 1.54) is 12.1 Å². The SMILES string of the molecule is O=S1(=O)NCc2cc(Cl)cc(-c3ccc(Oc4cccc(C(F)(F)F)c4)cc3)c2N1. The molecule has 0 radical (unpaired) electrons. The highest BCUT2D eigenvalue weighted by Gasteiger charge is 2.30. The van der Waals surface area contributed by atoms with Crippen LogP contribution in [0.15, 0.2) is 60.7 Å². The van der Waals surface area contributed by atoms with Gasteiger partial charge in [-0.3, -0.25) is 4.72 Å². The van der Waals surface area contributed by atoms with Crippen molar-refractivity contribution in [2.45, 2.75) is 12.7 Å². The van der Waals surface area contributed by atoms with Gasteiger partial charge in [-0.2, -0.15) is 26.3 Å². The third-order valence-corrected chi connectivity index (χ3v) is 5.65. The Morgan fingerprint density at radius 1 is 0.967 bits per heavy atom. The predicted octanol–water partition coefficient (Wildman–Crippen LogP) is 5.58. The zero-order valence-electron chi connectivity index (χ0n) is 15.1. The molecule has 1 heterocycles. The minimum Gasteiger partial charge on any atom is -0.457 e. The molecule has 156 valence electrons. The number of fused-ring (bicyclic) bond motifs is 1. The molecule has 2 N–H and O–H groups in total. The van der Waals surface area contributed by atoms with Crippen molar-refractivity contribution >= 4 is 27.5 Å². The number of benzene rings is 3. The van der Waals surface area contributed by atoms with E-state index in [4.69, 9.17) is 16.3 Å². The molecule has 10 heteroatoms. The van der Waals surface area contributed by atoms with Crippen LogP contribution in [0.1, 0.15) is 11.1 Å². The summed E-state index contributed by atoms with van der Waals surface area (Å²) in [4.78, 5) is 0. The molecule has 0 aromatic heterocycles. The fraction of sp³-hybridized carbons (Fsp3) is 0.100. The monoisotopic (exact) mass is 454 g/mol. The Morgan fingerprint density at radius 3 is 2.40 bits per heavy atom. The Kier molecular flexibility index (Phi) is 5.13. The number of rotatable bonds is 3. The summed E-state index contributed by atoms with van der Waals surface area (Å²) in [5, 5.41) is 0.441. The van der Waals surface area contributed by atoms with Gasteiger partial charge in [0.1, 0.15) is 11.5 Å². The van der Waals surface area contributed by atoms with Gasteiger partial charge in [0.2, 0.25) is 0 Å². The number of ether oxygens (including phenoxy) is 1. The zero-order chi connectivity index (χ0) is 21.5. The first kappa shape index (κ1) is 20.5. The second kappa shape index (κ2) is 7.50. The van der Waals surface area contributed by atoms with E-state index in [1.807, 2.05) is 0 Å². The molecule has 0 saturated carbocycles. The van der Waals surface area contributed by atoms with Crippen molar-refractivity contribution in [3.63, 3.8) is 0 Å². The van der Waals surface area contributed by atoms with Crippen molar-refractivity contribution in [1.82, 2.24) is 4.72 Å². The number of alkyl halides is 3. The lowest BCUT2D eigenvalue weighted by Crippen LogP contribution is -2.34. The first-order valence-corrected chi connectivity index (χ1v) is 10.5. The minimum atomic E-state index is -4.46. The van der Waals surface area contributed by atoms with Gasteiger partial charge in [-0.1, -0.05) is 29.8 Å². The molecule has 5 nitrogen and oxygen atoms in total. The van der Waals surface area contributed by atoms with Gasteiger partial charge in [0.05, 0.1) is 11.3 Å². The van der Waals surface area contributed by atoms with Crippen molar-refractivity contribution in [2.24, 2.45) is 0 Å². The second-order valence-corrected chi connectivity index (χ2v) is 8.50. The first-order chi connectivity index (χ1) is 14.1. The Bertz CT molecular complexity index is 1210. The summed E-state index contributed by atoms with van der Waals surface area (Å²) >= 11 is 6.17. The van der Waals surface area contributed by atoms with Gasteiger partial charge in [-0.05, 0) is 53.6 Å². The molecule has 0 fully saturated rings. The largest absolute Gasteiger partial charge is 0.457 e. The summed E-state index contributed by atoms with van der Waals surface area (Å²) < 4.78 is 72.7. The highest BCUT2D eigenvalue weighted by Crippen LogP contribution is 2.38. The van der Waals surface area contributed by atoms with E-state index in [0.29, 0.717) is 33.1 Å². The quantitative estimate of drug-likeness (QED) is 0.543. The molecule has 4 rings (SSSR count). The Labute approximate surface area is 175 Å². The van der Waals surface area contributed by atoms with Crippen LogP contribution in [0.25, 0.3) is 11.1 Å². The van der Waals surface area contributed by atoms with Crippen LogP contribution in [0.2, 0.25) is 5.02 Å². The van der Waals surface area contributed by atoms with E-state index < -0.39 is 21.9 Å². The van der Waals surface area contributed by atoms with E-state index in [-0.39, 0.29) is 12.3 Å². The maximum atomic E-state index is 12.9. The molecule has 1 aliphatic heterocycles. The van der Waals surface area contributed by atoms with Crippen LogP contribution in [0.5, 0.6) is 11.5 Å². The molecule has 30 heavy (non-hydrogen) atoms. The second-order valence-electron chi connectivity index (χ2n) is 6.57. The van der Waals surface area contributed by atoms with Crippen LogP contribution in [0.3, 0.4) is 0 Å². The first-order valence-electron chi connectivity index (χ1n) is 8.66. The van der Waals surface area contributed by atoms with Crippen LogP contribution in [-0.4, -0.2) is 8.42 Å². The Hall–Kier alpha value is -2.75. The van der Waals surface area contributed by atoms with Crippen molar-refractivity contribution in [1.29, 1.82) is 0 Å². The number of halogens is 4. The van der Waals surface area contributed by atoms with E-state index in [1.54, 1.807) is 36.4 Å². The summed E-state index contributed by atoms with van der Waals surface area (Å²) in [7, 11) is -3.66. The maximum Gasteiger partial charge on any atom is 0.416 e. The molecule has 0 aliphatic carbocycles. The molecule has 0 saturated heterocycles. The number of anilines is 1. The fourth-order valence-corrected chi connectivity index (χ4v) is 4.24. The van der Waals surface area contributed by atoms with Crippen molar-refractivity contribution < 1.29 is 26.3 Å². The van der Waals surface area contributed by atoms with Gasteiger partial charge in [0, 0.05) is 17.1 Å². The van der Waals surface area contributed by atoms with Crippen molar-refractivity contribution in [3.8, 4) is 22.6 Å². The molecular formula is C20H14ClF3N2O3S. The molecule has 0 bridgehead atoms. The van der Waals surface area contributed by atoms with Gasteiger partial charge in [0.25, 0.3) is 10.2 Å². The molecule has 0 atom stereocenters. The van der Waals surface area contributed by atoms with Crippen LogP contribution in [0, 0.1) is 0 Å². The zero-order valence-corrected chi connectivity index (χ0v) is 16.7. The fourth-order valence-electron chi connectivity index (χ4n) is 3.07. The normalized spacial score (nSPS) is 15.2. The van der Waals surface area contributed by atoms with Crippen LogP contribution in [-0.2, 0) is 22.9 Å².